The second-order valence-electron chi connectivity index (χ2n) is 18.4. The third-order valence-electron chi connectivity index (χ3n) is 10.2. The van der Waals surface area contributed by atoms with Crippen LogP contribution in [-0.2, 0) is 48.3 Å². The number of H-pyrrole nitrogens is 1. The molecule has 14 N–H and O–H groups in total. The van der Waals surface area contributed by atoms with Crippen molar-refractivity contribution < 1.29 is 19.2 Å². The topological polar surface area (TPSA) is 270 Å². The van der Waals surface area contributed by atoms with Gasteiger partial charge in [0.15, 0.2) is 11.9 Å². The Balaban J connectivity index is 2.12. The molecule has 0 spiro atoms. The smallest absolute Gasteiger partial charge is 0.243 e. The van der Waals surface area contributed by atoms with Gasteiger partial charge in [-0.05, 0) is 64.8 Å². The Morgan fingerprint density at radius 3 is 1.81 bits per heavy atom. The van der Waals surface area contributed by atoms with Crippen molar-refractivity contribution in [2.45, 2.75) is 141 Å². The zero-order valence-electron chi connectivity index (χ0n) is 36.4. The van der Waals surface area contributed by atoms with E-state index in [1.54, 1.807) is 0 Å². The van der Waals surface area contributed by atoms with E-state index in [0.717, 1.165) is 38.9 Å². The molecule has 323 valence electrons. The zero-order chi connectivity index (χ0) is 44.3. The number of fused-ring (bicyclic) bond motifs is 1. The Morgan fingerprint density at radius 2 is 1.29 bits per heavy atom. The minimum atomic E-state index is -1.18. The maximum Gasteiger partial charge on any atom is 0.243 e. The Hall–Kier alpha value is -5.44. The summed E-state index contributed by atoms with van der Waals surface area (Å²) in [6.07, 6.45) is 3.34. The lowest BCUT2D eigenvalue weighted by Gasteiger charge is -2.27. The van der Waals surface area contributed by atoms with Crippen LogP contribution >= 0.6 is 0 Å². The summed E-state index contributed by atoms with van der Waals surface area (Å²) in [6.45, 7) is 19.8. The largest absolute Gasteiger partial charge is 0.370 e. The highest BCUT2D eigenvalue weighted by atomic mass is 16.2. The minimum absolute atomic E-state index is 0.0684. The van der Waals surface area contributed by atoms with Crippen LogP contribution in [0.3, 0.4) is 0 Å². The summed E-state index contributed by atoms with van der Waals surface area (Å²) >= 11 is 0. The number of guanidine groups is 2. The number of amides is 3. The summed E-state index contributed by atoms with van der Waals surface area (Å²) in [7, 11) is 0. The molecule has 0 saturated heterocycles. The van der Waals surface area contributed by atoms with Crippen molar-refractivity contribution in [3.63, 3.8) is 0 Å². The van der Waals surface area contributed by atoms with Crippen molar-refractivity contribution in [2.24, 2.45) is 17.2 Å². The van der Waals surface area contributed by atoms with Gasteiger partial charge in [-0.3, -0.25) is 30.0 Å². The molecular weight excluding hydrogens is 747 g/mol. The molecule has 1 radical (unpaired) electrons. The monoisotopic (exact) mass is 815 g/mol. The fourth-order valence-electron chi connectivity index (χ4n) is 6.91. The average Bonchev–Trinajstić information content (AvgIpc) is 3.51. The molecule has 0 saturated carbocycles. The van der Waals surface area contributed by atoms with Gasteiger partial charge >= 0.3 is 0 Å². The van der Waals surface area contributed by atoms with Gasteiger partial charge in [-0.2, -0.15) is 0 Å². The molecule has 1 heterocycles. The molecule has 2 aromatic carbocycles. The van der Waals surface area contributed by atoms with Gasteiger partial charge in [0.25, 0.3) is 0 Å². The van der Waals surface area contributed by atoms with Crippen molar-refractivity contribution >= 4 is 46.8 Å². The maximum absolute atomic E-state index is 14.7. The van der Waals surface area contributed by atoms with Gasteiger partial charge in [0.2, 0.25) is 24.0 Å². The van der Waals surface area contributed by atoms with Gasteiger partial charge in [-0.15, -0.1) is 0 Å². The molecule has 4 atom stereocenters. The van der Waals surface area contributed by atoms with Gasteiger partial charge in [0.1, 0.15) is 12.1 Å². The highest BCUT2D eigenvalue weighted by Crippen LogP contribution is 2.40. The van der Waals surface area contributed by atoms with E-state index >= 15 is 0 Å². The molecule has 59 heavy (non-hydrogen) atoms. The fourth-order valence-corrected chi connectivity index (χ4v) is 6.91. The SMILES string of the molecule is CC(C)(C)c1cc(C(C)(C)C)c2[nH]c(C(C)(C)C)c(C[C@H](NC(=O)[C@@H](N)CCCNC(=N)N)C(=O)N[C@@H](CCCNC(=N)N)C(=O)N[C@H]([C]=O)Cc3ccccc3)c2c1. The number of benzene rings is 2. The number of nitrogens with one attached hydrogen (secondary N) is 8. The lowest BCUT2D eigenvalue weighted by molar-refractivity contribution is -0.132. The van der Waals surface area contributed by atoms with Crippen molar-refractivity contribution in [1.29, 1.82) is 10.8 Å². The summed E-state index contributed by atoms with van der Waals surface area (Å²) in [6, 6.07) is 9.33. The van der Waals surface area contributed by atoms with Crippen molar-refractivity contribution in [3.05, 3.63) is 70.4 Å². The van der Waals surface area contributed by atoms with Gasteiger partial charge in [-0.25, -0.2) is 0 Å². The molecule has 15 nitrogen and oxygen atoms in total. The van der Waals surface area contributed by atoms with E-state index in [2.05, 4.69) is 106 Å². The van der Waals surface area contributed by atoms with Gasteiger partial charge < -0.3 is 48.8 Å². The number of hydrogen-bond acceptors (Lipinski definition) is 7. The number of aromatic amines is 1. The Labute approximate surface area is 349 Å². The van der Waals surface area contributed by atoms with E-state index in [9.17, 15) is 19.2 Å². The maximum atomic E-state index is 14.7. The first-order valence-corrected chi connectivity index (χ1v) is 20.4. The first-order chi connectivity index (χ1) is 27.4. The van der Waals surface area contributed by atoms with Crippen molar-refractivity contribution in [3.8, 4) is 0 Å². The molecule has 0 unspecified atom stereocenters. The van der Waals surface area contributed by atoms with Gasteiger partial charge in [-0.1, -0.05) is 98.7 Å². The molecule has 3 amide bonds. The second kappa shape index (κ2) is 20.5. The minimum Gasteiger partial charge on any atom is -0.370 e. The molecule has 0 fully saturated rings. The second-order valence-corrected chi connectivity index (χ2v) is 18.4. The van der Waals surface area contributed by atoms with E-state index in [4.69, 9.17) is 28.0 Å². The van der Waals surface area contributed by atoms with Crippen LogP contribution in [0.2, 0.25) is 0 Å². The zero-order valence-corrected chi connectivity index (χ0v) is 36.4. The number of carbonyl (C=O) groups is 3. The van der Waals surface area contributed by atoms with Crippen LogP contribution in [0.5, 0.6) is 0 Å². The molecule has 3 aromatic rings. The van der Waals surface area contributed by atoms with Gasteiger partial charge in [0, 0.05) is 47.9 Å². The highest BCUT2D eigenvalue weighted by molar-refractivity contribution is 5.95. The van der Waals surface area contributed by atoms with Crippen molar-refractivity contribution in [2.75, 3.05) is 13.1 Å². The summed E-state index contributed by atoms with van der Waals surface area (Å²) in [5.74, 6) is -2.19. The van der Waals surface area contributed by atoms with E-state index in [1.165, 1.54) is 0 Å². The number of hydrogen-bond donors (Lipinski definition) is 11. The lowest BCUT2D eigenvalue weighted by atomic mass is 9.78. The van der Waals surface area contributed by atoms with Crippen LogP contribution in [0.1, 0.15) is 116 Å². The first kappa shape index (κ1) is 47.9. The molecule has 3 rings (SSSR count). The van der Waals surface area contributed by atoms with E-state index in [-0.39, 0.29) is 55.0 Å². The molecule has 15 heteroatoms. The summed E-state index contributed by atoms with van der Waals surface area (Å²) in [5.41, 5.74) is 22.2. The van der Waals surface area contributed by atoms with Crippen molar-refractivity contribution in [1.82, 2.24) is 31.6 Å². The molecule has 0 aliphatic heterocycles. The number of nitrogens with two attached hydrogens (primary N) is 3. The van der Waals surface area contributed by atoms with Crippen LogP contribution in [0.15, 0.2) is 42.5 Å². The number of aromatic nitrogens is 1. The number of carbonyl (C=O) groups excluding carboxylic acids is 4. The summed E-state index contributed by atoms with van der Waals surface area (Å²) < 4.78 is 0. The Morgan fingerprint density at radius 1 is 0.729 bits per heavy atom. The average molecular weight is 815 g/mol. The standard InChI is InChI=1S/C44H68N11O4/c1-42(2,3)27-22-29-30(36(44(7,8)9)55-35(29)31(23-27)43(4,5)6)24-34(54-37(57)32(45)17-13-19-50-40(46)47)39(59)53-33(18-14-20-51-41(48)49)38(58)52-28(25-56)21-26-15-11-10-12-16-26/h10-12,15-16,22-23,28,32-34,55H,13-14,17-21,24,45H2,1-9H3,(H,52,58)(H,53,59)(H,54,57)(H4,46,47,50)(H4,48,49,51)/t28-,32-,33-,34-/m0/s1. The fraction of sp³-hybridized carbons (Fsp3) is 0.545. The summed E-state index contributed by atoms with van der Waals surface area (Å²) in [4.78, 5) is 58.2. The van der Waals surface area contributed by atoms with Crippen LogP contribution in [0.25, 0.3) is 10.9 Å². The molecule has 1 aromatic heterocycles. The quantitative estimate of drug-likeness (QED) is 0.0481. The van der Waals surface area contributed by atoms with Crippen LogP contribution < -0.4 is 43.8 Å². The Bertz CT molecular complexity index is 1940. The normalized spacial score (nSPS) is 14.1. The highest BCUT2D eigenvalue weighted by Gasteiger charge is 2.34. The Kier molecular flexibility index (Phi) is 16.7. The van der Waals surface area contributed by atoms with Crippen LogP contribution in [-0.4, -0.2) is 78.2 Å². The molecule has 0 aliphatic rings. The molecule has 0 aliphatic carbocycles. The predicted molar refractivity (Wildman–Crippen MR) is 236 cm³/mol. The van der Waals surface area contributed by atoms with Crippen LogP contribution in [0.4, 0.5) is 0 Å². The van der Waals surface area contributed by atoms with E-state index in [0.29, 0.717) is 19.4 Å². The molecule has 0 bridgehead atoms. The summed E-state index contributed by atoms with van der Waals surface area (Å²) in [5, 5.41) is 29.9. The predicted octanol–water partition coefficient (Wildman–Crippen LogP) is 3.26. The van der Waals surface area contributed by atoms with E-state index < -0.39 is 47.3 Å². The number of rotatable bonds is 19. The third kappa shape index (κ3) is 14.4. The first-order valence-electron chi connectivity index (χ1n) is 20.4. The van der Waals surface area contributed by atoms with E-state index in [1.807, 2.05) is 36.6 Å². The van der Waals surface area contributed by atoms with Crippen LogP contribution in [0, 0.1) is 10.8 Å². The molecular formula is C44H68N11O4. The third-order valence-corrected chi connectivity index (χ3v) is 10.2. The van der Waals surface area contributed by atoms with Gasteiger partial charge in [0.05, 0.1) is 12.1 Å². The lowest BCUT2D eigenvalue weighted by Crippen LogP contribution is -2.57.